The van der Waals surface area contributed by atoms with Gasteiger partial charge in [-0.15, -0.1) is 5.10 Å². The molecule has 0 spiro atoms. The van der Waals surface area contributed by atoms with Crippen LogP contribution < -0.4 is 10.6 Å². The lowest BCUT2D eigenvalue weighted by molar-refractivity contribution is -0.162. The summed E-state index contributed by atoms with van der Waals surface area (Å²) in [6, 6.07) is 3.45. The van der Waals surface area contributed by atoms with Crippen molar-refractivity contribution in [3.05, 3.63) is 17.8 Å². The van der Waals surface area contributed by atoms with E-state index < -0.39 is 0 Å². The van der Waals surface area contributed by atoms with E-state index in [0.717, 1.165) is 38.0 Å². The normalized spacial score (nSPS) is 21.0. The summed E-state index contributed by atoms with van der Waals surface area (Å²) in [7, 11) is 0. The van der Waals surface area contributed by atoms with Gasteiger partial charge in [0.15, 0.2) is 12.1 Å². The number of urea groups is 1. The summed E-state index contributed by atoms with van der Waals surface area (Å²) in [5, 5.41) is 13.6. The zero-order valence-electron chi connectivity index (χ0n) is 13.3. The zero-order chi connectivity index (χ0) is 15.9. The Morgan fingerprint density at radius 1 is 1.26 bits per heavy atom. The van der Waals surface area contributed by atoms with Crippen molar-refractivity contribution in [1.29, 1.82) is 0 Å². The number of aromatic nitrogens is 2. The lowest BCUT2D eigenvalue weighted by Gasteiger charge is -2.22. The first-order chi connectivity index (χ1) is 11.3. The third-order valence-electron chi connectivity index (χ3n) is 3.97. The molecule has 2 N–H and O–H groups in total. The number of anilines is 1. The number of amides is 2. The van der Waals surface area contributed by atoms with Crippen LogP contribution in [0, 0.1) is 0 Å². The van der Waals surface area contributed by atoms with Gasteiger partial charge in [-0.2, -0.15) is 5.10 Å². The minimum absolute atomic E-state index is 0.0715. The number of ether oxygens (including phenoxy) is 2. The standard InChI is InChI=1S/C16H24N4O3/c21-16(17-9-3-11-23-15-4-1-2-10-22-15)18-14-8-7-13(19-20-14)12-5-6-12/h7-8,12,15H,1-6,9-11H2,(H2,17,18,20,21). The molecule has 3 rings (SSSR count). The van der Waals surface area contributed by atoms with Gasteiger partial charge in [0, 0.05) is 19.1 Å². The van der Waals surface area contributed by atoms with Gasteiger partial charge in [0.05, 0.1) is 12.3 Å². The quantitative estimate of drug-likeness (QED) is 0.754. The second kappa shape index (κ2) is 8.21. The van der Waals surface area contributed by atoms with Crippen LogP contribution in [0.4, 0.5) is 10.6 Å². The second-order valence-electron chi connectivity index (χ2n) is 6.02. The lowest BCUT2D eigenvalue weighted by Crippen LogP contribution is -2.31. The van der Waals surface area contributed by atoms with E-state index in [0.29, 0.717) is 24.9 Å². The fraction of sp³-hybridized carbons (Fsp3) is 0.688. The van der Waals surface area contributed by atoms with E-state index in [4.69, 9.17) is 9.47 Å². The summed E-state index contributed by atoms with van der Waals surface area (Å²) in [6.45, 7) is 1.92. The molecule has 1 aliphatic heterocycles. The molecule has 1 unspecified atom stereocenters. The minimum atomic E-state index is -0.271. The van der Waals surface area contributed by atoms with Crippen molar-refractivity contribution in [1.82, 2.24) is 15.5 Å². The number of rotatable bonds is 7. The van der Waals surface area contributed by atoms with Crippen LogP contribution >= 0.6 is 0 Å². The van der Waals surface area contributed by atoms with E-state index in [-0.39, 0.29) is 12.3 Å². The van der Waals surface area contributed by atoms with Crippen LogP contribution in [0.2, 0.25) is 0 Å². The molecule has 126 valence electrons. The van der Waals surface area contributed by atoms with Crippen molar-refractivity contribution in [2.75, 3.05) is 25.1 Å². The Morgan fingerprint density at radius 3 is 2.87 bits per heavy atom. The molecule has 23 heavy (non-hydrogen) atoms. The first-order valence-corrected chi connectivity index (χ1v) is 8.43. The summed E-state index contributed by atoms with van der Waals surface area (Å²) >= 11 is 0. The maximum atomic E-state index is 11.8. The van der Waals surface area contributed by atoms with Gasteiger partial charge in [-0.1, -0.05) is 0 Å². The minimum Gasteiger partial charge on any atom is -0.353 e. The maximum absolute atomic E-state index is 11.8. The van der Waals surface area contributed by atoms with Crippen LogP contribution in [0.5, 0.6) is 0 Å². The average Bonchev–Trinajstić information content (AvgIpc) is 3.41. The van der Waals surface area contributed by atoms with Crippen LogP contribution in [0.3, 0.4) is 0 Å². The smallest absolute Gasteiger partial charge is 0.320 e. The largest absolute Gasteiger partial charge is 0.353 e. The third kappa shape index (κ3) is 5.44. The van der Waals surface area contributed by atoms with Crippen LogP contribution in [0.1, 0.15) is 50.1 Å². The Labute approximate surface area is 136 Å². The van der Waals surface area contributed by atoms with Crippen molar-refractivity contribution in [3.8, 4) is 0 Å². The molecule has 1 aromatic heterocycles. The molecule has 0 aromatic carbocycles. The summed E-state index contributed by atoms with van der Waals surface area (Å²) in [5.74, 6) is 1.04. The summed E-state index contributed by atoms with van der Waals surface area (Å²) < 4.78 is 11.1. The first kappa shape index (κ1) is 16.1. The molecular weight excluding hydrogens is 296 g/mol. The van der Waals surface area contributed by atoms with Gasteiger partial charge in [0.1, 0.15) is 0 Å². The second-order valence-corrected chi connectivity index (χ2v) is 6.02. The first-order valence-electron chi connectivity index (χ1n) is 8.43. The summed E-state index contributed by atoms with van der Waals surface area (Å²) in [6.07, 6.45) is 6.30. The number of hydrogen-bond acceptors (Lipinski definition) is 5. The molecule has 2 aliphatic rings. The highest BCUT2D eigenvalue weighted by Crippen LogP contribution is 2.38. The number of carbonyl (C=O) groups is 1. The lowest BCUT2D eigenvalue weighted by atomic mass is 10.2. The van der Waals surface area contributed by atoms with E-state index >= 15 is 0 Å². The topological polar surface area (TPSA) is 85.4 Å². The van der Waals surface area contributed by atoms with Crippen LogP contribution in [0.25, 0.3) is 0 Å². The van der Waals surface area contributed by atoms with Gasteiger partial charge >= 0.3 is 6.03 Å². The molecule has 0 radical (unpaired) electrons. The van der Waals surface area contributed by atoms with Gasteiger partial charge in [-0.05, 0) is 50.7 Å². The molecule has 1 saturated heterocycles. The molecule has 1 saturated carbocycles. The number of hydrogen-bond donors (Lipinski definition) is 2. The molecule has 2 amide bonds. The highest BCUT2D eigenvalue weighted by Gasteiger charge is 2.25. The van der Waals surface area contributed by atoms with Crippen molar-refractivity contribution < 1.29 is 14.3 Å². The molecule has 1 aromatic rings. The van der Waals surface area contributed by atoms with Gasteiger partial charge in [-0.3, -0.25) is 5.32 Å². The molecule has 0 bridgehead atoms. The van der Waals surface area contributed by atoms with Gasteiger partial charge < -0.3 is 14.8 Å². The Morgan fingerprint density at radius 2 is 2.17 bits per heavy atom. The van der Waals surface area contributed by atoms with Crippen LogP contribution in [0.15, 0.2) is 12.1 Å². The van der Waals surface area contributed by atoms with Gasteiger partial charge in [0.2, 0.25) is 0 Å². The zero-order valence-corrected chi connectivity index (χ0v) is 13.3. The fourth-order valence-corrected chi connectivity index (χ4v) is 2.50. The molecule has 2 heterocycles. The van der Waals surface area contributed by atoms with Gasteiger partial charge in [0.25, 0.3) is 0 Å². The highest BCUT2D eigenvalue weighted by molar-refractivity contribution is 5.87. The van der Waals surface area contributed by atoms with Crippen LogP contribution in [-0.2, 0) is 9.47 Å². The average molecular weight is 320 g/mol. The molecule has 7 heteroatoms. The highest BCUT2D eigenvalue weighted by atomic mass is 16.7. The van der Waals surface area contributed by atoms with Crippen molar-refractivity contribution in [2.45, 2.75) is 50.7 Å². The van der Waals surface area contributed by atoms with E-state index in [9.17, 15) is 4.79 Å². The monoisotopic (exact) mass is 320 g/mol. The predicted octanol–water partition coefficient (Wildman–Crippen LogP) is 2.41. The summed E-state index contributed by atoms with van der Waals surface area (Å²) in [4.78, 5) is 11.8. The molecule has 7 nitrogen and oxygen atoms in total. The third-order valence-corrected chi connectivity index (χ3v) is 3.97. The summed E-state index contributed by atoms with van der Waals surface area (Å²) in [5.41, 5.74) is 1.01. The number of nitrogens with zero attached hydrogens (tertiary/aromatic N) is 2. The Bertz CT molecular complexity index is 499. The van der Waals surface area contributed by atoms with Crippen molar-refractivity contribution in [3.63, 3.8) is 0 Å². The van der Waals surface area contributed by atoms with E-state index in [1.54, 1.807) is 6.07 Å². The molecule has 2 fully saturated rings. The van der Waals surface area contributed by atoms with E-state index in [2.05, 4.69) is 20.8 Å². The SMILES string of the molecule is O=C(NCCCOC1CCCCO1)Nc1ccc(C2CC2)nn1. The maximum Gasteiger partial charge on any atom is 0.320 e. The Hall–Kier alpha value is -1.73. The van der Waals surface area contributed by atoms with E-state index in [1.807, 2.05) is 6.07 Å². The van der Waals surface area contributed by atoms with Crippen LogP contribution in [-0.4, -0.2) is 42.3 Å². The van der Waals surface area contributed by atoms with Crippen molar-refractivity contribution >= 4 is 11.8 Å². The molecule has 1 aliphatic carbocycles. The van der Waals surface area contributed by atoms with Crippen molar-refractivity contribution in [2.24, 2.45) is 0 Å². The predicted molar refractivity (Wildman–Crippen MR) is 85.2 cm³/mol. The number of carbonyl (C=O) groups excluding carboxylic acids is 1. The molecular formula is C16H24N4O3. The van der Waals surface area contributed by atoms with Gasteiger partial charge in [-0.25, -0.2) is 4.79 Å². The Kier molecular flexibility index (Phi) is 5.76. The Balaban J connectivity index is 1.27. The number of nitrogens with one attached hydrogen (secondary N) is 2. The van der Waals surface area contributed by atoms with E-state index in [1.165, 1.54) is 12.8 Å². The molecule has 1 atom stereocenters. The fourth-order valence-electron chi connectivity index (χ4n) is 2.50.